The van der Waals surface area contributed by atoms with Gasteiger partial charge in [-0.2, -0.15) is 0 Å². The minimum absolute atomic E-state index is 0.187. The van der Waals surface area contributed by atoms with Gasteiger partial charge in [0.2, 0.25) is 0 Å². The lowest BCUT2D eigenvalue weighted by atomic mass is 10.0. The first-order valence-corrected chi connectivity index (χ1v) is 10.5. The molecule has 0 bridgehead atoms. The number of hydrogen-bond donors (Lipinski definition) is 2. The third-order valence-electron chi connectivity index (χ3n) is 4.60. The molecule has 2 rings (SSSR count). The molecule has 0 aromatic heterocycles. The summed E-state index contributed by atoms with van der Waals surface area (Å²) < 4.78 is 11.3. The lowest BCUT2D eigenvalue weighted by Gasteiger charge is -2.15. The van der Waals surface area contributed by atoms with Crippen molar-refractivity contribution in [2.24, 2.45) is 0 Å². The summed E-state index contributed by atoms with van der Waals surface area (Å²) in [6.45, 7) is 8.73. The van der Waals surface area contributed by atoms with Crippen molar-refractivity contribution in [3.8, 4) is 11.5 Å². The zero-order chi connectivity index (χ0) is 21.9. The van der Waals surface area contributed by atoms with Gasteiger partial charge in [0.1, 0.15) is 11.5 Å². The zero-order valence-electron chi connectivity index (χ0n) is 18.3. The molecule has 162 valence electrons. The van der Waals surface area contributed by atoms with Crippen LogP contribution in [-0.2, 0) is 4.79 Å². The summed E-state index contributed by atoms with van der Waals surface area (Å²) in [5.74, 6) is 0.844. The minimum atomic E-state index is -0.435. The van der Waals surface area contributed by atoms with Crippen LogP contribution in [0.3, 0.4) is 0 Å². The predicted molar refractivity (Wildman–Crippen MR) is 118 cm³/mol. The van der Waals surface area contributed by atoms with Gasteiger partial charge in [0.05, 0.1) is 6.61 Å². The summed E-state index contributed by atoms with van der Waals surface area (Å²) in [7, 11) is 0. The number of unbranched alkanes of at least 4 members (excludes halogenated alkanes) is 2. The van der Waals surface area contributed by atoms with E-state index in [4.69, 9.17) is 9.47 Å². The van der Waals surface area contributed by atoms with Gasteiger partial charge in [-0.15, -0.1) is 0 Å². The summed E-state index contributed by atoms with van der Waals surface area (Å²) in [5.41, 5.74) is 7.31. The smallest absolute Gasteiger partial charge is 0.276 e. The number of aryl methyl sites for hydroxylation is 1. The van der Waals surface area contributed by atoms with Gasteiger partial charge in [0, 0.05) is 5.56 Å². The molecule has 2 N–H and O–H groups in total. The van der Waals surface area contributed by atoms with Crippen LogP contribution >= 0.6 is 0 Å². The van der Waals surface area contributed by atoms with E-state index in [1.807, 2.05) is 25.1 Å². The Balaban J connectivity index is 1.79. The van der Waals surface area contributed by atoms with Gasteiger partial charge in [-0.1, -0.05) is 45.7 Å². The average molecular weight is 413 g/mol. The Kier molecular flexibility index (Phi) is 9.19. The van der Waals surface area contributed by atoms with Crippen molar-refractivity contribution in [3.05, 3.63) is 59.2 Å². The van der Waals surface area contributed by atoms with E-state index >= 15 is 0 Å². The molecule has 0 heterocycles. The molecule has 0 fully saturated rings. The predicted octanol–water partition coefficient (Wildman–Crippen LogP) is 4.53. The van der Waals surface area contributed by atoms with E-state index in [2.05, 4.69) is 31.6 Å². The molecule has 0 aliphatic carbocycles. The Morgan fingerprint density at radius 1 is 0.967 bits per heavy atom. The molecule has 0 saturated carbocycles. The third kappa shape index (κ3) is 7.43. The van der Waals surface area contributed by atoms with E-state index in [-0.39, 0.29) is 12.5 Å². The fourth-order valence-electron chi connectivity index (χ4n) is 2.87. The highest BCUT2D eigenvalue weighted by Gasteiger charge is 2.12. The van der Waals surface area contributed by atoms with Crippen molar-refractivity contribution in [3.63, 3.8) is 0 Å². The SMILES string of the molecule is CCCCCOc1ccc(C(=O)NNC(=O)COc2cc(C)ccc2C(C)C)cc1. The summed E-state index contributed by atoms with van der Waals surface area (Å²) in [4.78, 5) is 24.3. The van der Waals surface area contributed by atoms with E-state index in [1.54, 1.807) is 24.3 Å². The van der Waals surface area contributed by atoms with Crippen molar-refractivity contribution >= 4 is 11.8 Å². The maximum Gasteiger partial charge on any atom is 0.276 e. The van der Waals surface area contributed by atoms with Crippen LogP contribution in [0.1, 0.15) is 67.4 Å². The number of benzene rings is 2. The van der Waals surface area contributed by atoms with Crippen LogP contribution in [0.15, 0.2) is 42.5 Å². The Labute approximate surface area is 178 Å². The second-order valence-corrected chi connectivity index (χ2v) is 7.57. The Morgan fingerprint density at radius 3 is 2.37 bits per heavy atom. The van der Waals surface area contributed by atoms with Crippen molar-refractivity contribution < 1.29 is 19.1 Å². The summed E-state index contributed by atoms with van der Waals surface area (Å²) in [5, 5.41) is 0. The summed E-state index contributed by atoms with van der Waals surface area (Å²) in [6.07, 6.45) is 3.28. The molecule has 0 atom stereocenters. The molecule has 0 spiro atoms. The number of rotatable bonds is 10. The topological polar surface area (TPSA) is 76.7 Å². The monoisotopic (exact) mass is 412 g/mol. The van der Waals surface area contributed by atoms with E-state index < -0.39 is 11.8 Å². The molecule has 0 saturated heterocycles. The highest BCUT2D eigenvalue weighted by Crippen LogP contribution is 2.27. The van der Waals surface area contributed by atoms with Crippen molar-refractivity contribution in [1.29, 1.82) is 0 Å². The molecule has 2 amide bonds. The van der Waals surface area contributed by atoms with E-state index in [0.29, 0.717) is 17.9 Å². The molecule has 30 heavy (non-hydrogen) atoms. The van der Waals surface area contributed by atoms with Crippen molar-refractivity contribution in [2.45, 2.75) is 52.9 Å². The van der Waals surface area contributed by atoms with Crippen molar-refractivity contribution in [1.82, 2.24) is 10.9 Å². The second-order valence-electron chi connectivity index (χ2n) is 7.57. The van der Waals surface area contributed by atoms with Gasteiger partial charge in [-0.3, -0.25) is 20.4 Å². The van der Waals surface area contributed by atoms with Crippen LogP contribution in [0.4, 0.5) is 0 Å². The van der Waals surface area contributed by atoms with Crippen LogP contribution in [0, 0.1) is 6.92 Å². The number of carbonyl (C=O) groups is 2. The number of carbonyl (C=O) groups excluding carboxylic acids is 2. The van der Waals surface area contributed by atoms with Gasteiger partial charge >= 0.3 is 0 Å². The van der Waals surface area contributed by atoms with Crippen LogP contribution in [0.5, 0.6) is 11.5 Å². The molecular formula is C24H32N2O4. The fraction of sp³-hybridized carbons (Fsp3) is 0.417. The second kappa shape index (κ2) is 11.9. The number of hydrazine groups is 1. The maximum absolute atomic E-state index is 12.2. The van der Waals surface area contributed by atoms with Crippen LogP contribution in [-0.4, -0.2) is 25.0 Å². The Morgan fingerprint density at radius 2 is 1.70 bits per heavy atom. The molecule has 6 nitrogen and oxygen atoms in total. The lowest BCUT2D eigenvalue weighted by molar-refractivity contribution is -0.123. The molecule has 0 aliphatic heterocycles. The first-order chi connectivity index (χ1) is 14.4. The van der Waals surface area contributed by atoms with Crippen LogP contribution < -0.4 is 20.3 Å². The van der Waals surface area contributed by atoms with Gasteiger partial charge in [-0.25, -0.2) is 0 Å². The molecule has 6 heteroatoms. The highest BCUT2D eigenvalue weighted by molar-refractivity contribution is 5.95. The van der Waals surface area contributed by atoms with E-state index in [1.165, 1.54) is 0 Å². The van der Waals surface area contributed by atoms with Gasteiger partial charge in [0.25, 0.3) is 11.8 Å². The molecule has 0 unspecified atom stereocenters. The van der Waals surface area contributed by atoms with Gasteiger partial charge in [0.15, 0.2) is 6.61 Å². The van der Waals surface area contributed by atoms with E-state index in [9.17, 15) is 9.59 Å². The fourth-order valence-corrected chi connectivity index (χ4v) is 2.87. The average Bonchev–Trinajstić information content (AvgIpc) is 2.73. The largest absolute Gasteiger partial charge is 0.494 e. The number of ether oxygens (including phenoxy) is 2. The molecular weight excluding hydrogens is 380 g/mol. The van der Waals surface area contributed by atoms with Crippen molar-refractivity contribution in [2.75, 3.05) is 13.2 Å². The first kappa shape index (κ1) is 23.3. The molecule has 0 radical (unpaired) electrons. The number of hydrogen-bond acceptors (Lipinski definition) is 4. The Bertz CT molecular complexity index is 832. The Hall–Kier alpha value is -3.02. The number of amides is 2. The molecule has 2 aromatic rings. The first-order valence-electron chi connectivity index (χ1n) is 10.5. The van der Waals surface area contributed by atoms with E-state index in [0.717, 1.165) is 36.1 Å². The van der Waals surface area contributed by atoms with Gasteiger partial charge in [-0.05, 0) is 60.7 Å². The number of nitrogens with one attached hydrogen (secondary N) is 2. The standard InChI is InChI=1S/C24H32N2O4/c1-5-6-7-14-29-20-11-9-19(10-12-20)24(28)26-25-23(27)16-30-22-15-18(4)8-13-21(22)17(2)3/h8-13,15,17H,5-7,14,16H2,1-4H3,(H,25,27)(H,26,28). The quantitative estimate of drug-likeness (QED) is 0.444. The minimum Gasteiger partial charge on any atom is -0.494 e. The summed E-state index contributed by atoms with van der Waals surface area (Å²) >= 11 is 0. The van der Waals surface area contributed by atoms with Gasteiger partial charge < -0.3 is 9.47 Å². The third-order valence-corrected chi connectivity index (χ3v) is 4.60. The zero-order valence-corrected chi connectivity index (χ0v) is 18.3. The van der Waals surface area contributed by atoms with Crippen LogP contribution in [0.25, 0.3) is 0 Å². The molecule has 0 aliphatic rings. The summed E-state index contributed by atoms with van der Waals surface area (Å²) in [6, 6.07) is 12.8. The normalized spacial score (nSPS) is 10.6. The highest BCUT2D eigenvalue weighted by atomic mass is 16.5. The van der Waals surface area contributed by atoms with Crippen LogP contribution in [0.2, 0.25) is 0 Å². The lowest BCUT2D eigenvalue weighted by Crippen LogP contribution is -2.43. The maximum atomic E-state index is 12.2. The molecule has 2 aromatic carbocycles.